The first-order chi connectivity index (χ1) is 11.3. The van der Waals surface area contributed by atoms with Crippen molar-refractivity contribution in [1.29, 1.82) is 0 Å². The van der Waals surface area contributed by atoms with E-state index >= 15 is 0 Å². The molecule has 4 rings (SSSR count). The zero-order chi connectivity index (χ0) is 15.6. The standard InChI is InChI=1S/C16H17N5S2/c1-22-16-17-7-11-9-21(5-4-13(11)19-16)10-12-8-18-20-15(12)14-3-2-6-23-14/h2-3,6-8H,4-5,9-10H2,1H3,(H,18,20). The van der Waals surface area contributed by atoms with E-state index in [1.165, 1.54) is 21.7 Å². The molecule has 118 valence electrons. The summed E-state index contributed by atoms with van der Waals surface area (Å²) in [6.45, 7) is 2.82. The summed E-state index contributed by atoms with van der Waals surface area (Å²) in [4.78, 5) is 12.7. The highest BCUT2D eigenvalue weighted by Crippen LogP contribution is 2.28. The molecule has 1 aliphatic rings. The molecule has 0 aromatic carbocycles. The normalized spacial score (nSPS) is 14.8. The molecule has 0 atom stereocenters. The van der Waals surface area contributed by atoms with Crippen molar-refractivity contribution in [3.8, 4) is 10.6 Å². The lowest BCUT2D eigenvalue weighted by Gasteiger charge is -2.27. The number of thiophene rings is 1. The molecule has 0 spiro atoms. The summed E-state index contributed by atoms with van der Waals surface area (Å²) in [6.07, 6.45) is 6.92. The molecule has 3 aromatic heterocycles. The number of aromatic nitrogens is 4. The number of H-pyrrole nitrogens is 1. The van der Waals surface area contributed by atoms with Gasteiger partial charge in [0.2, 0.25) is 0 Å². The van der Waals surface area contributed by atoms with E-state index in [-0.39, 0.29) is 0 Å². The maximum absolute atomic E-state index is 4.63. The van der Waals surface area contributed by atoms with Crippen molar-refractivity contribution in [2.45, 2.75) is 24.7 Å². The number of hydrogen-bond acceptors (Lipinski definition) is 6. The molecule has 1 N–H and O–H groups in total. The Kier molecular flexibility index (Phi) is 4.15. The topological polar surface area (TPSA) is 57.7 Å². The van der Waals surface area contributed by atoms with Crippen molar-refractivity contribution in [3.63, 3.8) is 0 Å². The predicted molar refractivity (Wildman–Crippen MR) is 93.5 cm³/mol. The molecule has 0 radical (unpaired) electrons. The maximum Gasteiger partial charge on any atom is 0.187 e. The Bertz CT molecular complexity index is 797. The number of aromatic amines is 1. The van der Waals surface area contributed by atoms with Crippen LogP contribution in [0, 0.1) is 0 Å². The van der Waals surface area contributed by atoms with Gasteiger partial charge in [-0.25, -0.2) is 9.97 Å². The molecular weight excluding hydrogens is 326 g/mol. The van der Waals surface area contributed by atoms with Gasteiger partial charge in [-0.2, -0.15) is 5.10 Å². The van der Waals surface area contributed by atoms with Gasteiger partial charge in [-0.05, 0) is 17.7 Å². The van der Waals surface area contributed by atoms with Crippen LogP contribution >= 0.6 is 23.1 Å². The number of fused-ring (bicyclic) bond motifs is 1. The molecule has 0 bridgehead atoms. The lowest BCUT2D eigenvalue weighted by atomic mass is 10.1. The minimum atomic E-state index is 0.868. The Hall–Kier alpha value is -1.70. The Morgan fingerprint density at radius 1 is 1.39 bits per heavy atom. The average Bonchev–Trinajstić information content (AvgIpc) is 3.25. The van der Waals surface area contributed by atoms with Gasteiger partial charge in [-0.1, -0.05) is 17.8 Å². The van der Waals surface area contributed by atoms with E-state index in [0.717, 1.165) is 36.9 Å². The van der Waals surface area contributed by atoms with Crippen molar-refractivity contribution in [3.05, 3.63) is 46.7 Å². The van der Waals surface area contributed by atoms with Gasteiger partial charge >= 0.3 is 0 Å². The minimum absolute atomic E-state index is 0.868. The highest BCUT2D eigenvalue weighted by Gasteiger charge is 2.20. The van der Waals surface area contributed by atoms with Gasteiger partial charge in [0.05, 0.1) is 22.5 Å². The van der Waals surface area contributed by atoms with Crippen molar-refractivity contribution in [1.82, 2.24) is 25.1 Å². The SMILES string of the molecule is CSc1ncc2c(n1)CCN(Cc1cn[nH]c1-c1cccs1)C2. The van der Waals surface area contributed by atoms with Crippen LogP contribution in [-0.4, -0.2) is 37.9 Å². The zero-order valence-corrected chi connectivity index (χ0v) is 14.5. The molecule has 4 heterocycles. The zero-order valence-electron chi connectivity index (χ0n) is 12.8. The van der Waals surface area contributed by atoms with Crippen LogP contribution in [0.4, 0.5) is 0 Å². The minimum Gasteiger partial charge on any atom is -0.294 e. The third-order valence-corrected chi connectivity index (χ3v) is 5.50. The molecule has 0 aliphatic carbocycles. The average molecular weight is 343 g/mol. The van der Waals surface area contributed by atoms with Gasteiger partial charge in [-0.3, -0.25) is 10.00 Å². The largest absolute Gasteiger partial charge is 0.294 e. The van der Waals surface area contributed by atoms with Gasteiger partial charge in [-0.15, -0.1) is 11.3 Å². The summed E-state index contributed by atoms with van der Waals surface area (Å²) in [5.74, 6) is 0. The lowest BCUT2D eigenvalue weighted by molar-refractivity contribution is 0.242. The number of nitrogens with zero attached hydrogens (tertiary/aromatic N) is 4. The number of hydrogen-bond donors (Lipinski definition) is 1. The smallest absolute Gasteiger partial charge is 0.187 e. The lowest BCUT2D eigenvalue weighted by Crippen LogP contribution is -2.31. The predicted octanol–water partition coefficient (Wildman–Crippen LogP) is 3.21. The van der Waals surface area contributed by atoms with Gasteiger partial charge in [0.25, 0.3) is 0 Å². The second-order valence-corrected chi connectivity index (χ2v) is 7.26. The van der Waals surface area contributed by atoms with Gasteiger partial charge < -0.3 is 0 Å². The van der Waals surface area contributed by atoms with Crippen LogP contribution in [0.1, 0.15) is 16.8 Å². The van der Waals surface area contributed by atoms with Crippen LogP contribution < -0.4 is 0 Å². The molecule has 0 fully saturated rings. The first-order valence-corrected chi connectivity index (χ1v) is 9.61. The fourth-order valence-electron chi connectivity index (χ4n) is 2.90. The van der Waals surface area contributed by atoms with Crippen molar-refractivity contribution in [2.75, 3.05) is 12.8 Å². The molecule has 23 heavy (non-hydrogen) atoms. The van der Waals surface area contributed by atoms with Crippen LogP contribution in [0.5, 0.6) is 0 Å². The summed E-state index contributed by atoms with van der Waals surface area (Å²) in [5.41, 5.74) is 4.83. The van der Waals surface area contributed by atoms with Crippen molar-refractivity contribution < 1.29 is 0 Å². The maximum atomic E-state index is 4.63. The summed E-state index contributed by atoms with van der Waals surface area (Å²) < 4.78 is 0. The molecule has 0 unspecified atom stereocenters. The Labute approximate surface area is 143 Å². The molecule has 0 saturated carbocycles. The Morgan fingerprint density at radius 2 is 2.35 bits per heavy atom. The number of nitrogens with one attached hydrogen (secondary N) is 1. The van der Waals surface area contributed by atoms with E-state index in [1.807, 2.05) is 18.6 Å². The number of thioether (sulfide) groups is 1. The van der Waals surface area contributed by atoms with Crippen LogP contribution in [-0.2, 0) is 19.5 Å². The molecule has 0 saturated heterocycles. The van der Waals surface area contributed by atoms with Crippen molar-refractivity contribution >= 4 is 23.1 Å². The molecular formula is C16H17N5S2. The Balaban J connectivity index is 1.52. The van der Waals surface area contributed by atoms with Crippen LogP contribution in [0.15, 0.2) is 35.1 Å². The van der Waals surface area contributed by atoms with Gasteiger partial charge in [0, 0.05) is 43.4 Å². The monoisotopic (exact) mass is 343 g/mol. The van der Waals surface area contributed by atoms with Crippen molar-refractivity contribution in [2.24, 2.45) is 0 Å². The number of rotatable bonds is 4. The molecule has 5 nitrogen and oxygen atoms in total. The summed E-state index contributed by atoms with van der Waals surface area (Å²) >= 11 is 3.34. The fraction of sp³-hybridized carbons (Fsp3) is 0.312. The first-order valence-electron chi connectivity index (χ1n) is 7.51. The molecule has 0 amide bonds. The van der Waals surface area contributed by atoms with E-state index in [0.29, 0.717) is 0 Å². The quantitative estimate of drug-likeness (QED) is 0.582. The fourth-order valence-corrected chi connectivity index (χ4v) is 4.01. The van der Waals surface area contributed by atoms with Crippen LogP contribution in [0.2, 0.25) is 0 Å². The van der Waals surface area contributed by atoms with E-state index in [9.17, 15) is 0 Å². The molecule has 1 aliphatic heterocycles. The van der Waals surface area contributed by atoms with Crippen LogP contribution in [0.3, 0.4) is 0 Å². The molecule has 3 aromatic rings. The van der Waals surface area contributed by atoms with E-state index in [4.69, 9.17) is 0 Å². The van der Waals surface area contributed by atoms with E-state index in [1.54, 1.807) is 23.1 Å². The summed E-state index contributed by atoms with van der Waals surface area (Å²) in [6, 6.07) is 4.20. The summed E-state index contributed by atoms with van der Waals surface area (Å²) in [5, 5.41) is 10.3. The van der Waals surface area contributed by atoms with Gasteiger partial charge in [0.15, 0.2) is 5.16 Å². The summed E-state index contributed by atoms with van der Waals surface area (Å²) in [7, 11) is 0. The second kappa shape index (κ2) is 6.43. The molecule has 7 heteroatoms. The van der Waals surface area contributed by atoms with E-state index in [2.05, 4.69) is 42.6 Å². The third kappa shape index (κ3) is 3.04. The third-order valence-electron chi connectivity index (χ3n) is 4.05. The van der Waals surface area contributed by atoms with Gasteiger partial charge in [0.1, 0.15) is 0 Å². The van der Waals surface area contributed by atoms with E-state index < -0.39 is 0 Å². The second-order valence-electron chi connectivity index (χ2n) is 5.54. The first kappa shape index (κ1) is 14.9. The highest BCUT2D eigenvalue weighted by molar-refractivity contribution is 7.98. The highest BCUT2D eigenvalue weighted by atomic mass is 32.2. The Morgan fingerprint density at radius 3 is 3.17 bits per heavy atom. The van der Waals surface area contributed by atoms with Crippen LogP contribution in [0.25, 0.3) is 10.6 Å².